The number of halogens is 1. The van der Waals surface area contributed by atoms with Crippen LogP contribution in [0.5, 0.6) is 5.75 Å². The topological polar surface area (TPSA) is 52.6 Å². The number of methoxy groups -OCH3 is 1. The molecule has 0 aliphatic rings. The second kappa shape index (κ2) is 7.88. The first-order chi connectivity index (χ1) is 11.4. The van der Waals surface area contributed by atoms with Crippen molar-refractivity contribution in [2.75, 3.05) is 13.7 Å². The number of thiophene rings is 1. The van der Waals surface area contributed by atoms with Gasteiger partial charge in [0.15, 0.2) is 18.2 Å². The van der Waals surface area contributed by atoms with E-state index in [1.807, 2.05) is 13.8 Å². The number of Topliss-reactive ketones (excluding diaryl/α,β-unsaturated/α-hetero) is 1. The molecule has 6 heteroatoms. The van der Waals surface area contributed by atoms with E-state index < -0.39 is 11.8 Å². The first-order valence-corrected chi connectivity index (χ1v) is 8.01. The summed E-state index contributed by atoms with van der Waals surface area (Å²) in [5, 5.41) is 0. The average Bonchev–Trinajstić information content (AvgIpc) is 2.89. The smallest absolute Gasteiger partial charge is 0.331 e. The quantitative estimate of drug-likeness (QED) is 0.451. The van der Waals surface area contributed by atoms with E-state index in [0.717, 1.165) is 15.8 Å². The first-order valence-electron chi connectivity index (χ1n) is 7.19. The second-order valence-corrected chi connectivity index (χ2v) is 6.55. The molecule has 0 N–H and O–H groups in total. The molecule has 0 unspecified atom stereocenters. The number of aryl methyl sites for hydroxylation is 2. The van der Waals surface area contributed by atoms with E-state index in [2.05, 4.69) is 0 Å². The van der Waals surface area contributed by atoms with Crippen molar-refractivity contribution in [2.45, 2.75) is 13.8 Å². The van der Waals surface area contributed by atoms with Gasteiger partial charge in [0.2, 0.25) is 5.78 Å². The summed E-state index contributed by atoms with van der Waals surface area (Å²) in [7, 11) is 1.37. The molecule has 1 aromatic heterocycles. The molecule has 0 spiro atoms. The molecule has 1 aromatic carbocycles. The molecule has 4 nitrogen and oxygen atoms in total. The van der Waals surface area contributed by atoms with Gasteiger partial charge in [0.1, 0.15) is 0 Å². The molecule has 24 heavy (non-hydrogen) atoms. The van der Waals surface area contributed by atoms with Gasteiger partial charge in [-0.05, 0) is 43.7 Å². The fourth-order valence-electron chi connectivity index (χ4n) is 2.12. The Kier molecular flexibility index (Phi) is 5.87. The predicted octanol–water partition coefficient (Wildman–Crippen LogP) is 3.95. The van der Waals surface area contributed by atoms with Crippen LogP contribution in [-0.2, 0) is 9.53 Å². The van der Waals surface area contributed by atoms with Crippen LogP contribution in [0.4, 0.5) is 4.39 Å². The third kappa shape index (κ3) is 4.52. The lowest BCUT2D eigenvalue weighted by Gasteiger charge is -2.02. The van der Waals surface area contributed by atoms with Gasteiger partial charge in [0.25, 0.3) is 0 Å². The summed E-state index contributed by atoms with van der Waals surface area (Å²) in [5.41, 5.74) is 1.06. The van der Waals surface area contributed by atoms with Gasteiger partial charge in [-0.25, -0.2) is 9.18 Å². The van der Waals surface area contributed by atoms with E-state index in [1.54, 1.807) is 12.1 Å². The zero-order valence-electron chi connectivity index (χ0n) is 13.6. The number of rotatable bonds is 6. The van der Waals surface area contributed by atoms with Crippen molar-refractivity contribution < 1.29 is 23.5 Å². The highest BCUT2D eigenvalue weighted by atomic mass is 32.1. The van der Waals surface area contributed by atoms with E-state index in [9.17, 15) is 14.0 Å². The van der Waals surface area contributed by atoms with Crippen LogP contribution in [0.2, 0.25) is 0 Å². The summed E-state index contributed by atoms with van der Waals surface area (Å²) in [6, 6.07) is 6.09. The van der Waals surface area contributed by atoms with Crippen molar-refractivity contribution in [2.24, 2.45) is 0 Å². The fraction of sp³-hybridized carbons (Fsp3) is 0.222. The van der Waals surface area contributed by atoms with E-state index in [1.165, 1.54) is 36.7 Å². The Balaban J connectivity index is 1.92. The van der Waals surface area contributed by atoms with Gasteiger partial charge in [-0.15, -0.1) is 11.3 Å². The van der Waals surface area contributed by atoms with E-state index in [0.29, 0.717) is 11.1 Å². The van der Waals surface area contributed by atoms with Crippen molar-refractivity contribution >= 4 is 29.2 Å². The van der Waals surface area contributed by atoms with Crippen LogP contribution in [0.25, 0.3) is 6.08 Å². The minimum atomic E-state index is -0.663. The average molecular weight is 348 g/mol. The molecule has 0 atom stereocenters. The molecule has 2 rings (SSSR count). The summed E-state index contributed by atoms with van der Waals surface area (Å²) in [5.74, 6) is -1.30. The van der Waals surface area contributed by atoms with Gasteiger partial charge < -0.3 is 9.47 Å². The highest BCUT2D eigenvalue weighted by molar-refractivity contribution is 7.12. The van der Waals surface area contributed by atoms with Crippen LogP contribution in [0.15, 0.2) is 30.3 Å². The third-order valence-electron chi connectivity index (χ3n) is 3.27. The zero-order valence-corrected chi connectivity index (χ0v) is 14.4. The van der Waals surface area contributed by atoms with E-state index in [-0.39, 0.29) is 18.1 Å². The number of carbonyl (C=O) groups excluding carboxylic acids is 2. The van der Waals surface area contributed by atoms with Crippen molar-refractivity contribution in [3.05, 3.63) is 57.0 Å². The summed E-state index contributed by atoms with van der Waals surface area (Å²) in [4.78, 5) is 25.6. The number of carbonyl (C=O) groups is 2. The molecule has 0 saturated heterocycles. The maximum atomic E-state index is 13.5. The monoisotopic (exact) mass is 348 g/mol. The summed E-state index contributed by atoms with van der Waals surface area (Å²) >= 11 is 1.52. The maximum absolute atomic E-state index is 13.5. The Bertz CT molecular complexity index is 792. The molecule has 0 saturated carbocycles. The van der Waals surface area contributed by atoms with Crippen LogP contribution in [-0.4, -0.2) is 25.5 Å². The van der Waals surface area contributed by atoms with Gasteiger partial charge in [0, 0.05) is 21.4 Å². The fourth-order valence-corrected chi connectivity index (χ4v) is 3.06. The molecule has 126 valence electrons. The number of esters is 1. The Morgan fingerprint density at radius 1 is 1.25 bits per heavy atom. The Morgan fingerprint density at radius 3 is 2.58 bits per heavy atom. The molecular formula is C18H17FO4S. The van der Waals surface area contributed by atoms with Crippen LogP contribution in [0, 0.1) is 19.7 Å². The Morgan fingerprint density at radius 2 is 2.00 bits per heavy atom. The molecule has 2 aromatic rings. The molecule has 0 fully saturated rings. The third-order valence-corrected chi connectivity index (χ3v) is 4.24. The molecule has 0 aliphatic heterocycles. The molecule has 0 bridgehead atoms. The highest BCUT2D eigenvalue weighted by Crippen LogP contribution is 2.21. The number of ketones is 1. The van der Waals surface area contributed by atoms with Crippen LogP contribution in [0.3, 0.4) is 0 Å². The molecule has 0 amide bonds. The number of hydrogen-bond acceptors (Lipinski definition) is 5. The summed E-state index contributed by atoms with van der Waals surface area (Å²) in [6.07, 6.45) is 2.57. The molecule has 0 radical (unpaired) electrons. The lowest BCUT2D eigenvalue weighted by Crippen LogP contribution is -2.12. The normalized spacial score (nSPS) is 10.8. The standard InChI is InChI=1S/C18H17FO4S/c1-11-8-14(12(2)24-11)16(20)10-23-18(21)7-5-13-4-6-17(22-3)15(19)9-13/h4-9H,10H2,1-3H3/b7-5+. The number of ether oxygens (including phenoxy) is 2. The molecule has 1 heterocycles. The lowest BCUT2D eigenvalue weighted by molar-refractivity contribution is -0.136. The molecule has 0 aliphatic carbocycles. The lowest BCUT2D eigenvalue weighted by atomic mass is 10.2. The summed E-state index contributed by atoms with van der Waals surface area (Å²) < 4.78 is 23.3. The largest absolute Gasteiger partial charge is 0.494 e. The van der Waals surface area contributed by atoms with Gasteiger partial charge in [-0.1, -0.05) is 6.07 Å². The van der Waals surface area contributed by atoms with Gasteiger partial charge in [0.05, 0.1) is 7.11 Å². The summed E-state index contributed by atoms with van der Waals surface area (Å²) in [6.45, 7) is 3.44. The van der Waals surface area contributed by atoms with Crippen molar-refractivity contribution in [3.63, 3.8) is 0 Å². The minimum Gasteiger partial charge on any atom is -0.494 e. The first kappa shape index (κ1) is 17.9. The number of hydrogen-bond donors (Lipinski definition) is 0. The van der Waals surface area contributed by atoms with Crippen LogP contribution < -0.4 is 4.74 Å². The van der Waals surface area contributed by atoms with Gasteiger partial charge in [-0.3, -0.25) is 4.79 Å². The minimum absolute atomic E-state index is 0.127. The number of benzene rings is 1. The second-order valence-electron chi connectivity index (χ2n) is 5.09. The van der Waals surface area contributed by atoms with Gasteiger partial charge in [-0.2, -0.15) is 0 Å². The molecular weight excluding hydrogens is 331 g/mol. The van der Waals surface area contributed by atoms with Crippen molar-refractivity contribution in [1.29, 1.82) is 0 Å². The van der Waals surface area contributed by atoms with Gasteiger partial charge >= 0.3 is 5.97 Å². The van der Waals surface area contributed by atoms with Crippen LogP contribution in [0.1, 0.15) is 25.7 Å². The van der Waals surface area contributed by atoms with Crippen LogP contribution >= 0.6 is 11.3 Å². The Hall–Kier alpha value is -2.47. The van der Waals surface area contributed by atoms with E-state index >= 15 is 0 Å². The highest BCUT2D eigenvalue weighted by Gasteiger charge is 2.13. The zero-order chi connectivity index (χ0) is 17.7. The maximum Gasteiger partial charge on any atom is 0.331 e. The predicted molar refractivity (Wildman–Crippen MR) is 91.1 cm³/mol. The van der Waals surface area contributed by atoms with Crippen molar-refractivity contribution in [1.82, 2.24) is 0 Å². The Labute approximate surface area is 143 Å². The van der Waals surface area contributed by atoms with E-state index in [4.69, 9.17) is 9.47 Å². The van der Waals surface area contributed by atoms with Crippen molar-refractivity contribution in [3.8, 4) is 5.75 Å². The SMILES string of the molecule is COc1ccc(/C=C/C(=O)OCC(=O)c2cc(C)sc2C)cc1F.